The molecule has 2 heterocycles. The Morgan fingerprint density at radius 3 is 2.71 bits per heavy atom. The first-order chi connectivity index (χ1) is 10.1. The van der Waals surface area contributed by atoms with Gasteiger partial charge in [0.1, 0.15) is 11.9 Å². The number of hydrogen-bond donors (Lipinski definition) is 1. The summed E-state index contributed by atoms with van der Waals surface area (Å²) in [5.74, 6) is 1.61. The molecule has 21 heavy (non-hydrogen) atoms. The second-order valence-corrected chi connectivity index (χ2v) is 6.49. The van der Waals surface area contributed by atoms with E-state index in [-0.39, 0.29) is 6.10 Å². The Bertz CT molecular complexity index is 388. The van der Waals surface area contributed by atoms with Crippen LogP contribution < -0.4 is 10.1 Å². The first-order valence-electron chi connectivity index (χ1n) is 8.16. The monoisotopic (exact) mass is 291 g/mol. The molecule has 4 nitrogen and oxygen atoms in total. The number of rotatable bonds is 7. The van der Waals surface area contributed by atoms with Crippen LogP contribution in [0.25, 0.3) is 0 Å². The fourth-order valence-corrected chi connectivity index (χ4v) is 2.86. The fraction of sp³-hybridized carbons (Fsp3) is 0.706. The van der Waals surface area contributed by atoms with Crippen molar-refractivity contribution in [2.24, 2.45) is 5.92 Å². The molecule has 4 heteroatoms. The molecule has 0 bridgehead atoms. The van der Waals surface area contributed by atoms with Gasteiger partial charge in [-0.15, -0.1) is 0 Å². The Hall–Kier alpha value is -1.13. The Morgan fingerprint density at radius 1 is 1.33 bits per heavy atom. The number of nitrogens with one attached hydrogen (secondary N) is 1. The number of pyridine rings is 1. The van der Waals surface area contributed by atoms with Crippen molar-refractivity contribution >= 4 is 0 Å². The third-order valence-electron chi connectivity index (χ3n) is 3.88. The minimum absolute atomic E-state index is 0.169. The van der Waals surface area contributed by atoms with Crippen LogP contribution in [0.2, 0.25) is 0 Å². The number of likely N-dealkylation sites (tertiary alicyclic amines) is 1. The average molecular weight is 291 g/mol. The molecule has 1 N–H and O–H groups in total. The van der Waals surface area contributed by atoms with Crippen molar-refractivity contribution < 1.29 is 4.74 Å². The summed E-state index contributed by atoms with van der Waals surface area (Å²) in [6, 6.07) is 4.49. The van der Waals surface area contributed by atoms with Crippen molar-refractivity contribution in [3.63, 3.8) is 0 Å². The molecule has 1 aliphatic rings. The summed E-state index contributed by atoms with van der Waals surface area (Å²) in [5, 5.41) is 3.64. The minimum Gasteiger partial charge on any atom is -0.488 e. The lowest BCUT2D eigenvalue weighted by molar-refractivity contribution is 0.164. The first kappa shape index (κ1) is 16.2. The Kier molecular flexibility index (Phi) is 6.46. The molecule has 1 unspecified atom stereocenters. The van der Waals surface area contributed by atoms with Crippen molar-refractivity contribution in [2.75, 3.05) is 26.2 Å². The average Bonchev–Trinajstić information content (AvgIpc) is 2.47. The van der Waals surface area contributed by atoms with Gasteiger partial charge in [-0.2, -0.15) is 0 Å². The van der Waals surface area contributed by atoms with Gasteiger partial charge in [0.15, 0.2) is 0 Å². The Morgan fingerprint density at radius 2 is 2.10 bits per heavy atom. The van der Waals surface area contributed by atoms with Crippen LogP contribution in [0.4, 0.5) is 0 Å². The number of hydrogen-bond acceptors (Lipinski definition) is 4. The standard InChI is InChI=1S/C17H29N3O/c1-14(2)13-20-9-6-16(7-10-20)19-11-15(3)21-17-5-4-8-18-12-17/h4-5,8,12,14-16,19H,6-7,9-11,13H2,1-3H3. The third kappa shape index (κ3) is 6.02. The molecule has 1 fully saturated rings. The molecule has 1 atom stereocenters. The van der Waals surface area contributed by atoms with Gasteiger partial charge >= 0.3 is 0 Å². The molecule has 2 rings (SSSR count). The highest BCUT2D eigenvalue weighted by atomic mass is 16.5. The Labute approximate surface area is 128 Å². The topological polar surface area (TPSA) is 37.4 Å². The SMILES string of the molecule is CC(C)CN1CCC(NCC(C)Oc2cccnc2)CC1. The first-order valence-corrected chi connectivity index (χ1v) is 8.16. The molecule has 0 amide bonds. The maximum atomic E-state index is 5.84. The molecule has 0 radical (unpaired) electrons. The smallest absolute Gasteiger partial charge is 0.138 e. The molecule has 0 aromatic carbocycles. The van der Waals surface area contributed by atoms with Crippen LogP contribution in [0.1, 0.15) is 33.6 Å². The zero-order valence-corrected chi connectivity index (χ0v) is 13.6. The summed E-state index contributed by atoms with van der Waals surface area (Å²) >= 11 is 0. The van der Waals surface area contributed by atoms with E-state index in [4.69, 9.17) is 4.74 Å². The lowest BCUT2D eigenvalue weighted by Gasteiger charge is -2.33. The molecule has 1 aromatic heterocycles. The van der Waals surface area contributed by atoms with Gasteiger partial charge < -0.3 is 15.0 Å². The van der Waals surface area contributed by atoms with Crippen molar-refractivity contribution in [1.29, 1.82) is 0 Å². The van der Waals surface area contributed by atoms with Gasteiger partial charge in [-0.05, 0) is 50.9 Å². The van der Waals surface area contributed by atoms with Gasteiger partial charge in [0.2, 0.25) is 0 Å². The van der Waals surface area contributed by atoms with Crippen LogP contribution in [0.5, 0.6) is 5.75 Å². The quantitative estimate of drug-likeness (QED) is 0.838. The van der Waals surface area contributed by atoms with E-state index in [0.717, 1.165) is 18.2 Å². The van der Waals surface area contributed by atoms with Crippen LogP contribution in [0, 0.1) is 5.92 Å². The van der Waals surface area contributed by atoms with Gasteiger partial charge in [0, 0.05) is 25.3 Å². The number of ether oxygens (including phenoxy) is 1. The summed E-state index contributed by atoms with van der Waals surface area (Å²) < 4.78 is 5.84. The van der Waals surface area contributed by atoms with Crippen molar-refractivity contribution in [2.45, 2.75) is 45.8 Å². The van der Waals surface area contributed by atoms with Crippen LogP contribution in [-0.4, -0.2) is 48.2 Å². The van der Waals surface area contributed by atoms with Crippen LogP contribution in [0.15, 0.2) is 24.5 Å². The highest BCUT2D eigenvalue weighted by Crippen LogP contribution is 2.13. The van der Waals surface area contributed by atoms with Gasteiger partial charge in [-0.25, -0.2) is 0 Å². The largest absolute Gasteiger partial charge is 0.488 e. The molecule has 1 aromatic rings. The predicted molar refractivity (Wildman–Crippen MR) is 86.6 cm³/mol. The fourth-order valence-electron chi connectivity index (χ4n) is 2.86. The molecule has 0 spiro atoms. The second-order valence-electron chi connectivity index (χ2n) is 6.49. The van der Waals surface area contributed by atoms with E-state index in [1.807, 2.05) is 12.1 Å². The molecular weight excluding hydrogens is 262 g/mol. The van der Waals surface area contributed by atoms with E-state index in [9.17, 15) is 0 Å². The molecule has 1 aliphatic heterocycles. The van der Waals surface area contributed by atoms with Crippen LogP contribution in [-0.2, 0) is 0 Å². The highest BCUT2D eigenvalue weighted by Gasteiger charge is 2.19. The van der Waals surface area contributed by atoms with E-state index in [2.05, 4.69) is 36.0 Å². The van der Waals surface area contributed by atoms with E-state index in [1.165, 1.54) is 32.5 Å². The molecule has 118 valence electrons. The van der Waals surface area contributed by atoms with Crippen LogP contribution in [0.3, 0.4) is 0 Å². The van der Waals surface area contributed by atoms with Gasteiger partial charge in [0.25, 0.3) is 0 Å². The maximum absolute atomic E-state index is 5.84. The molecule has 1 saturated heterocycles. The third-order valence-corrected chi connectivity index (χ3v) is 3.88. The van der Waals surface area contributed by atoms with Crippen molar-refractivity contribution in [3.8, 4) is 5.75 Å². The molecule has 0 saturated carbocycles. The lowest BCUT2D eigenvalue weighted by Crippen LogP contribution is -2.45. The number of piperidine rings is 1. The zero-order valence-electron chi connectivity index (χ0n) is 13.6. The van der Waals surface area contributed by atoms with E-state index >= 15 is 0 Å². The summed E-state index contributed by atoms with van der Waals surface area (Å²) in [7, 11) is 0. The summed E-state index contributed by atoms with van der Waals surface area (Å²) in [5.41, 5.74) is 0. The van der Waals surface area contributed by atoms with E-state index < -0.39 is 0 Å². The number of nitrogens with zero attached hydrogens (tertiary/aromatic N) is 2. The van der Waals surface area contributed by atoms with Crippen LogP contribution >= 0.6 is 0 Å². The lowest BCUT2D eigenvalue weighted by atomic mass is 10.0. The summed E-state index contributed by atoms with van der Waals surface area (Å²) in [6.45, 7) is 11.2. The van der Waals surface area contributed by atoms with Gasteiger partial charge in [-0.1, -0.05) is 13.8 Å². The zero-order chi connectivity index (χ0) is 15.1. The minimum atomic E-state index is 0.169. The molecule has 0 aliphatic carbocycles. The van der Waals surface area contributed by atoms with E-state index in [0.29, 0.717) is 6.04 Å². The number of aromatic nitrogens is 1. The van der Waals surface area contributed by atoms with Gasteiger partial charge in [0.05, 0.1) is 6.20 Å². The highest BCUT2D eigenvalue weighted by molar-refractivity contribution is 5.15. The molecular formula is C17H29N3O. The summed E-state index contributed by atoms with van der Waals surface area (Å²) in [6.07, 6.45) is 6.18. The summed E-state index contributed by atoms with van der Waals surface area (Å²) in [4.78, 5) is 6.65. The normalized spacial score (nSPS) is 18.9. The van der Waals surface area contributed by atoms with Crippen molar-refractivity contribution in [3.05, 3.63) is 24.5 Å². The second kappa shape index (κ2) is 8.35. The van der Waals surface area contributed by atoms with Crippen molar-refractivity contribution in [1.82, 2.24) is 15.2 Å². The Balaban J connectivity index is 1.63. The predicted octanol–water partition coefficient (Wildman–Crippen LogP) is 2.56. The van der Waals surface area contributed by atoms with Gasteiger partial charge in [-0.3, -0.25) is 4.98 Å². The van der Waals surface area contributed by atoms with E-state index in [1.54, 1.807) is 12.4 Å². The maximum Gasteiger partial charge on any atom is 0.138 e.